The van der Waals surface area contributed by atoms with Crippen LogP contribution in [0.3, 0.4) is 0 Å². The summed E-state index contributed by atoms with van der Waals surface area (Å²) >= 11 is 0. The standard InChI is InChI=1S/C33H34F3N5O3/c1-19-13-21(3-7-26(19)31(44)40-32(18-42)9-10-32)23-15-27(37-12-11-33(34,35)36)29-38-16-28(41(29)17-23)22-4-8-25(20(2)14-22)30(43)39-24-5-6-24/h3-4,7-8,13-17,24,37,42H,5-6,9-12,18H2,1-2H3,(H,39,43)(H,40,44). The van der Waals surface area contributed by atoms with Crippen molar-refractivity contribution in [2.24, 2.45) is 0 Å². The van der Waals surface area contributed by atoms with Crippen molar-refractivity contribution in [2.75, 3.05) is 18.5 Å². The van der Waals surface area contributed by atoms with Crippen LogP contribution in [0, 0.1) is 13.8 Å². The number of aromatic nitrogens is 2. The second-order valence-corrected chi connectivity index (χ2v) is 12.0. The average molecular weight is 606 g/mol. The van der Waals surface area contributed by atoms with Crippen LogP contribution in [0.1, 0.15) is 63.9 Å². The largest absolute Gasteiger partial charge is 0.394 e. The predicted molar refractivity (Wildman–Crippen MR) is 162 cm³/mol. The van der Waals surface area contributed by atoms with Crippen LogP contribution < -0.4 is 16.0 Å². The average Bonchev–Trinajstić information content (AvgIpc) is 3.90. The topological polar surface area (TPSA) is 108 Å². The predicted octanol–water partition coefficient (Wildman–Crippen LogP) is 5.80. The van der Waals surface area contributed by atoms with Gasteiger partial charge in [-0.15, -0.1) is 0 Å². The molecular formula is C33H34F3N5O3. The molecule has 0 unspecified atom stereocenters. The maximum atomic E-state index is 13.0. The van der Waals surface area contributed by atoms with Crippen molar-refractivity contribution in [3.63, 3.8) is 0 Å². The summed E-state index contributed by atoms with van der Waals surface area (Å²) in [5.74, 6) is -0.364. The zero-order valence-corrected chi connectivity index (χ0v) is 24.5. The maximum absolute atomic E-state index is 13.0. The van der Waals surface area contributed by atoms with Crippen molar-refractivity contribution in [3.05, 3.63) is 77.1 Å². The molecule has 2 aromatic heterocycles. The first-order chi connectivity index (χ1) is 20.9. The highest BCUT2D eigenvalue weighted by Gasteiger charge is 2.43. The van der Waals surface area contributed by atoms with Gasteiger partial charge in [0.2, 0.25) is 0 Å². The van der Waals surface area contributed by atoms with E-state index in [0.29, 0.717) is 33.7 Å². The van der Waals surface area contributed by atoms with Gasteiger partial charge in [-0.05, 0) is 80.5 Å². The van der Waals surface area contributed by atoms with Gasteiger partial charge in [-0.2, -0.15) is 13.2 Å². The summed E-state index contributed by atoms with van der Waals surface area (Å²) in [6.45, 7) is 3.27. The number of nitrogens with one attached hydrogen (secondary N) is 3. The van der Waals surface area contributed by atoms with Gasteiger partial charge in [0.25, 0.3) is 11.8 Å². The van der Waals surface area contributed by atoms with E-state index in [1.807, 2.05) is 42.6 Å². The lowest BCUT2D eigenvalue weighted by molar-refractivity contribution is -0.131. The third kappa shape index (κ3) is 6.28. The van der Waals surface area contributed by atoms with E-state index in [1.165, 1.54) is 0 Å². The summed E-state index contributed by atoms with van der Waals surface area (Å²) in [4.78, 5) is 30.1. The number of imidazole rings is 1. The van der Waals surface area contributed by atoms with Crippen LogP contribution in [0.25, 0.3) is 28.0 Å². The second-order valence-electron chi connectivity index (χ2n) is 12.0. The Bertz CT molecular complexity index is 1760. The number of halogens is 3. The number of hydrogen-bond acceptors (Lipinski definition) is 5. The number of hydrogen-bond donors (Lipinski definition) is 4. The van der Waals surface area contributed by atoms with E-state index in [-0.39, 0.29) is 31.0 Å². The van der Waals surface area contributed by atoms with E-state index in [0.717, 1.165) is 47.9 Å². The number of anilines is 1. The summed E-state index contributed by atoms with van der Waals surface area (Å²) in [5.41, 5.74) is 5.97. The molecule has 0 atom stereocenters. The number of carbonyl (C=O) groups excluding carboxylic acids is 2. The normalized spacial score (nSPS) is 15.7. The fourth-order valence-electron chi connectivity index (χ4n) is 5.38. The van der Waals surface area contributed by atoms with Crippen LogP contribution in [0.5, 0.6) is 0 Å². The van der Waals surface area contributed by atoms with Gasteiger partial charge in [0.05, 0.1) is 36.1 Å². The zero-order chi connectivity index (χ0) is 31.2. The van der Waals surface area contributed by atoms with Crippen molar-refractivity contribution in [2.45, 2.75) is 63.7 Å². The third-order valence-electron chi connectivity index (χ3n) is 8.35. The number of benzene rings is 2. The van der Waals surface area contributed by atoms with E-state index in [4.69, 9.17) is 0 Å². The highest BCUT2D eigenvalue weighted by molar-refractivity contribution is 5.97. The number of pyridine rings is 1. The molecule has 0 spiro atoms. The van der Waals surface area contributed by atoms with Crippen LogP contribution >= 0.6 is 0 Å². The van der Waals surface area contributed by atoms with Crippen LogP contribution in [0.4, 0.5) is 18.9 Å². The molecule has 4 N–H and O–H groups in total. The Kier molecular flexibility index (Phi) is 7.61. The lowest BCUT2D eigenvalue weighted by Gasteiger charge is -2.17. The quantitative estimate of drug-likeness (QED) is 0.183. The Hall–Kier alpha value is -4.38. The first-order valence-corrected chi connectivity index (χ1v) is 14.7. The Morgan fingerprint density at radius 2 is 1.64 bits per heavy atom. The first-order valence-electron chi connectivity index (χ1n) is 14.7. The van der Waals surface area contributed by atoms with Gasteiger partial charge in [-0.25, -0.2) is 4.98 Å². The van der Waals surface area contributed by atoms with E-state index in [9.17, 15) is 27.9 Å². The number of nitrogens with zero attached hydrogens (tertiary/aromatic N) is 2. The highest BCUT2D eigenvalue weighted by atomic mass is 19.4. The molecule has 0 saturated heterocycles. The van der Waals surface area contributed by atoms with Crippen LogP contribution in [-0.2, 0) is 0 Å². The molecule has 0 bridgehead atoms. The number of fused-ring (bicyclic) bond motifs is 1. The zero-order valence-electron chi connectivity index (χ0n) is 24.5. The minimum atomic E-state index is -4.31. The molecule has 2 fully saturated rings. The number of alkyl halides is 3. The molecule has 8 nitrogen and oxygen atoms in total. The molecule has 2 amide bonds. The molecule has 6 rings (SSSR count). The van der Waals surface area contributed by atoms with E-state index < -0.39 is 18.1 Å². The van der Waals surface area contributed by atoms with Crippen molar-refractivity contribution in [1.82, 2.24) is 20.0 Å². The molecule has 0 radical (unpaired) electrons. The minimum Gasteiger partial charge on any atom is -0.394 e. The van der Waals surface area contributed by atoms with Gasteiger partial charge >= 0.3 is 6.18 Å². The first kappa shape index (κ1) is 29.7. The molecule has 2 aliphatic carbocycles. The summed E-state index contributed by atoms with van der Waals surface area (Å²) in [6.07, 6.45) is 1.68. The van der Waals surface area contributed by atoms with Crippen LogP contribution in [0.15, 0.2) is 54.9 Å². The van der Waals surface area contributed by atoms with E-state index in [1.54, 1.807) is 30.5 Å². The Morgan fingerprint density at radius 3 is 2.25 bits per heavy atom. The Balaban J connectivity index is 1.36. The monoisotopic (exact) mass is 605 g/mol. The molecule has 230 valence electrons. The number of carbonyl (C=O) groups is 2. The molecule has 44 heavy (non-hydrogen) atoms. The number of amides is 2. The Morgan fingerprint density at radius 1 is 0.977 bits per heavy atom. The van der Waals surface area contributed by atoms with Crippen LogP contribution in [-0.4, -0.2) is 57.2 Å². The maximum Gasteiger partial charge on any atom is 0.390 e. The third-order valence-corrected chi connectivity index (χ3v) is 8.35. The number of aliphatic hydroxyl groups excluding tert-OH is 1. The minimum absolute atomic E-state index is 0.107. The summed E-state index contributed by atoms with van der Waals surface area (Å²) < 4.78 is 40.8. The van der Waals surface area contributed by atoms with Crippen molar-refractivity contribution in [3.8, 4) is 22.4 Å². The molecule has 2 aliphatic rings. The number of aryl methyl sites for hydroxylation is 2. The second kappa shape index (κ2) is 11.3. The smallest absolute Gasteiger partial charge is 0.390 e. The van der Waals surface area contributed by atoms with Gasteiger partial charge in [0.1, 0.15) is 0 Å². The fraction of sp³-hybridized carbons (Fsp3) is 0.364. The lowest BCUT2D eigenvalue weighted by Crippen LogP contribution is -2.39. The van der Waals surface area contributed by atoms with E-state index >= 15 is 0 Å². The van der Waals surface area contributed by atoms with Crippen LogP contribution in [0.2, 0.25) is 0 Å². The van der Waals surface area contributed by atoms with Crippen molar-refractivity contribution < 1.29 is 27.9 Å². The summed E-state index contributed by atoms with van der Waals surface area (Å²) in [6, 6.07) is 12.9. The van der Waals surface area contributed by atoms with Gasteiger partial charge in [-0.1, -0.05) is 18.2 Å². The van der Waals surface area contributed by atoms with Gasteiger partial charge in [0.15, 0.2) is 5.65 Å². The van der Waals surface area contributed by atoms with Crippen molar-refractivity contribution >= 4 is 23.1 Å². The molecule has 2 aromatic carbocycles. The SMILES string of the molecule is Cc1cc(-c2cnc3c(NCCC(F)(F)F)cc(-c4ccc(C(=O)NC5(CO)CC5)c(C)c4)cn23)ccc1C(=O)NC1CC1. The van der Waals surface area contributed by atoms with Gasteiger partial charge < -0.3 is 21.1 Å². The van der Waals surface area contributed by atoms with Gasteiger partial charge in [-0.3, -0.25) is 14.0 Å². The molecule has 11 heteroatoms. The van der Waals surface area contributed by atoms with E-state index in [2.05, 4.69) is 20.9 Å². The molecule has 4 aromatic rings. The fourth-order valence-corrected chi connectivity index (χ4v) is 5.38. The Labute approximate surface area is 252 Å². The lowest BCUT2D eigenvalue weighted by atomic mass is 9.99. The summed E-state index contributed by atoms with van der Waals surface area (Å²) in [7, 11) is 0. The van der Waals surface area contributed by atoms with Crippen molar-refractivity contribution in [1.29, 1.82) is 0 Å². The number of rotatable bonds is 10. The number of aliphatic hydroxyl groups is 1. The molecular weight excluding hydrogens is 571 g/mol. The molecule has 2 saturated carbocycles. The molecule has 2 heterocycles. The molecule has 0 aliphatic heterocycles. The highest BCUT2D eigenvalue weighted by Crippen LogP contribution is 2.36. The summed E-state index contributed by atoms with van der Waals surface area (Å²) in [5, 5.41) is 18.4. The van der Waals surface area contributed by atoms with Gasteiger partial charge in [0, 0.05) is 41.0 Å².